The molecule has 0 unspecified atom stereocenters. The molecular weight excluding hydrogens is 258 g/mol. The first kappa shape index (κ1) is 13.9. The third-order valence-corrected chi connectivity index (χ3v) is 3.06. The molecule has 0 aliphatic heterocycles. The highest BCUT2D eigenvalue weighted by Crippen LogP contribution is 2.39. The average molecular weight is 273 g/mol. The fraction of sp³-hybridized carbons (Fsp3) is 0.133. The summed E-state index contributed by atoms with van der Waals surface area (Å²) in [4.78, 5) is 10.9. The summed E-state index contributed by atoms with van der Waals surface area (Å²) in [6.07, 6.45) is 0.0629. The Labute approximate surface area is 115 Å². The van der Waals surface area contributed by atoms with Crippen LogP contribution in [0.15, 0.2) is 42.5 Å². The number of aliphatic carboxylic acids is 1. The van der Waals surface area contributed by atoms with E-state index in [-0.39, 0.29) is 17.9 Å². The maximum Gasteiger partial charge on any atom is 0.320 e. The lowest BCUT2D eigenvalue weighted by Gasteiger charge is -2.14. The van der Waals surface area contributed by atoms with E-state index in [4.69, 9.17) is 10.8 Å². The highest BCUT2D eigenvalue weighted by molar-refractivity contribution is 5.79. The highest BCUT2D eigenvalue weighted by Gasteiger charge is 2.19. The molecule has 104 valence electrons. The third-order valence-electron chi connectivity index (χ3n) is 3.06. The molecule has 5 nitrogen and oxygen atoms in total. The first-order valence-electron chi connectivity index (χ1n) is 6.08. The van der Waals surface area contributed by atoms with Crippen LogP contribution in [0.2, 0.25) is 0 Å². The van der Waals surface area contributed by atoms with Gasteiger partial charge in [0.05, 0.1) is 0 Å². The van der Waals surface area contributed by atoms with E-state index in [1.54, 1.807) is 30.3 Å². The van der Waals surface area contributed by atoms with Crippen molar-refractivity contribution in [1.82, 2.24) is 0 Å². The van der Waals surface area contributed by atoms with E-state index in [9.17, 15) is 15.0 Å². The number of carboxylic acid groups (broad SMARTS) is 1. The Bertz CT molecular complexity index is 625. The molecule has 2 rings (SSSR count). The van der Waals surface area contributed by atoms with E-state index < -0.39 is 12.0 Å². The molecular formula is C15H15NO4. The minimum absolute atomic E-state index is 0.0629. The second-order valence-electron chi connectivity index (χ2n) is 4.48. The van der Waals surface area contributed by atoms with Crippen molar-refractivity contribution < 1.29 is 20.1 Å². The maximum absolute atomic E-state index is 10.9. The monoisotopic (exact) mass is 273 g/mol. The molecule has 0 radical (unpaired) electrons. The molecule has 0 amide bonds. The van der Waals surface area contributed by atoms with Gasteiger partial charge >= 0.3 is 5.97 Å². The Kier molecular flexibility index (Phi) is 3.91. The van der Waals surface area contributed by atoms with Crippen molar-refractivity contribution in [2.75, 3.05) is 0 Å². The summed E-state index contributed by atoms with van der Waals surface area (Å²) >= 11 is 0. The topological polar surface area (TPSA) is 104 Å². The Hall–Kier alpha value is -2.53. The highest BCUT2D eigenvalue weighted by atomic mass is 16.4. The maximum atomic E-state index is 10.9. The number of benzene rings is 2. The number of carboxylic acids is 1. The van der Waals surface area contributed by atoms with Crippen molar-refractivity contribution in [2.45, 2.75) is 12.5 Å². The van der Waals surface area contributed by atoms with Crippen molar-refractivity contribution in [3.8, 4) is 22.6 Å². The molecule has 0 saturated carbocycles. The Morgan fingerprint density at radius 1 is 1.10 bits per heavy atom. The van der Waals surface area contributed by atoms with Gasteiger partial charge in [-0.1, -0.05) is 36.4 Å². The number of phenols is 2. The summed E-state index contributed by atoms with van der Waals surface area (Å²) in [5.74, 6) is -1.64. The van der Waals surface area contributed by atoms with Crippen LogP contribution in [0.25, 0.3) is 11.1 Å². The Morgan fingerprint density at radius 3 is 2.35 bits per heavy atom. The fourth-order valence-electron chi connectivity index (χ4n) is 2.04. The van der Waals surface area contributed by atoms with Gasteiger partial charge < -0.3 is 21.1 Å². The lowest BCUT2D eigenvalue weighted by Crippen LogP contribution is -2.32. The van der Waals surface area contributed by atoms with Crippen molar-refractivity contribution in [2.24, 2.45) is 5.73 Å². The van der Waals surface area contributed by atoms with Gasteiger partial charge in [0.1, 0.15) is 6.04 Å². The van der Waals surface area contributed by atoms with Gasteiger partial charge in [0, 0.05) is 5.56 Å². The summed E-state index contributed by atoms with van der Waals surface area (Å²) in [6, 6.07) is 10.8. The van der Waals surface area contributed by atoms with Gasteiger partial charge in [-0.05, 0) is 23.6 Å². The molecule has 0 aliphatic carbocycles. The van der Waals surface area contributed by atoms with Crippen LogP contribution in [-0.4, -0.2) is 27.3 Å². The molecule has 5 N–H and O–H groups in total. The van der Waals surface area contributed by atoms with E-state index >= 15 is 0 Å². The van der Waals surface area contributed by atoms with Crippen LogP contribution in [0, 0.1) is 0 Å². The molecule has 0 fully saturated rings. The van der Waals surface area contributed by atoms with Crippen LogP contribution in [0.1, 0.15) is 5.56 Å². The molecule has 0 heterocycles. The van der Waals surface area contributed by atoms with E-state index in [0.29, 0.717) is 16.7 Å². The van der Waals surface area contributed by atoms with Crippen molar-refractivity contribution in [3.05, 3.63) is 48.0 Å². The van der Waals surface area contributed by atoms with Gasteiger partial charge in [0.25, 0.3) is 0 Å². The number of rotatable bonds is 4. The van der Waals surface area contributed by atoms with E-state index in [2.05, 4.69) is 0 Å². The number of phenolic OH excluding ortho intramolecular Hbond substituents is 2. The largest absolute Gasteiger partial charge is 0.504 e. The Balaban J connectivity index is 2.53. The van der Waals surface area contributed by atoms with Crippen molar-refractivity contribution in [3.63, 3.8) is 0 Å². The van der Waals surface area contributed by atoms with Gasteiger partial charge in [-0.2, -0.15) is 0 Å². The quantitative estimate of drug-likeness (QED) is 0.635. The smallest absolute Gasteiger partial charge is 0.320 e. The van der Waals surface area contributed by atoms with Crippen molar-refractivity contribution >= 4 is 5.97 Å². The second-order valence-corrected chi connectivity index (χ2v) is 4.48. The molecule has 0 spiro atoms. The zero-order valence-electron chi connectivity index (χ0n) is 10.7. The normalized spacial score (nSPS) is 12.1. The van der Waals surface area contributed by atoms with Crippen LogP contribution < -0.4 is 5.73 Å². The molecule has 0 aromatic heterocycles. The number of hydrogen-bond donors (Lipinski definition) is 4. The fourth-order valence-corrected chi connectivity index (χ4v) is 2.04. The van der Waals surface area contributed by atoms with Crippen LogP contribution in [0.5, 0.6) is 11.5 Å². The summed E-state index contributed by atoms with van der Waals surface area (Å²) in [7, 11) is 0. The third kappa shape index (κ3) is 2.73. The second kappa shape index (κ2) is 5.63. The van der Waals surface area contributed by atoms with E-state index in [1.807, 2.05) is 6.07 Å². The SMILES string of the molecule is N[C@H](Cc1ccc(O)c(O)c1-c1ccccc1)C(=O)O. The number of nitrogens with two attached hydrogens (primary N) is 1. The van der Waals surface area contributed by atoms with Gasteiger partial charge in [-0.3, -0.25) is 4.79 Å². The van der Waals surface area contributed by atoms with Crippen LogP contribution in [0.3, 0.4) is 0 Å². The zero-order valence-corrected chi connectivity index (χ0v) is 10.7. The zero-order chi connectivity index (χ0) is 14.7. The minimum atomic E-state index is -1.11. The molecule has 2 aromatic carbocycles. The minimum Gasteiger partial charge on any atom is -0.504 e. The van der Waals surface area contributed by atoms with Gasteiger partial charge in [-0.25, -0.2) is 0 Å². The average Bonchev–Trinajstić information content (AvgIpc) is 2.44. The number of carbonyl (C=O) groups is 1. The predicted molar refractivity (Wildman–Crippen MR) is 74.5 cm³/mol. The standard InChI is InChI=1S/C15H15NO4/c16-11(15(19)20)8-10-6-7-12(17)14(18)13(10)9-4-2-1-3-5-9/h1-7,11,17-18H,8,16H2,(H,19,20)/t11-/m1/s1. The first-order valence-corrected chi connectivity index (χ1v) is 6.08. The molecule has 0 aliphatic rings. The van der Waals surface area contributed by atoms with Gasteiger partial charge in [0.15, 0.2) is 11.5 Å². The van der Waals surface area contributed by atoms with E-state index in [1.165, 1.54) is 6.07 Å². The number of hydrogen-bond acceptors (Lipinski definition) is 4. The summed E-state index contributed by atoms with van der Waals surface area (Å²) in [5.41, 5.74) is 7.20. The molecule has 20 heavy (non-hydrogen) atoms. The summed E-state index contributed by atoms with van der Waals surface area (Å²) in [6.45, 7) is 0. The molecule has 1 atom stereocenters. The van der Waals surface area contributed by atoms with Crippen LogP contribution >= 0.6 is 0 Å². The lowest BCUT2D eigenvalue weighted by atomic mass is 9.94. The Morgan fingerprint density at radius 2 is 1.75 bits per heavy atom. The van der Waals surface area contributed by atoms with Crippen LogP contribution in [0.4, 0.5) is 0 Å². The van der Waals surface area contributed by atoms with Gasteiger partial charge in [0.2, 0.25) is 0 Å². The first-order chi connectivity index (χ1) is 9.50. The van der Waals surface area contributed by atoms with E-state index in [0.717, 1.165) is 0 Å². The molecule has 0 bridgehead atoms. The molecule has 2 aromatic rings. The number of aromatic hydroxyl groups is 2. The molecule has 0 saturated heterocycles. The predicted octanol–water partition coefficient (Wildman–Crippen LogP) is 1.72. The molecule has 5 heteroatoms. The van der Waals surface area contributed by atoms with Gasteiger partial charge in [-0.15, -0.1) is 0 Å². The summed E-state index contributed by atoms with van der Waals surface area (Å²) in [5, 5.41) is 28.6. The van der Waals surface area contributed by atoms with Crippen LogP contribution in [-0.2, 0) is 11.2 Å². The lowest BCUT2D eigenvalue weighted by molar-refractivity contribution is -0.138. The summed E-state index contributed by atoms with van der Waals surface area (Å²) < 4.78 is 0. The van der Waals surface area contributed by atoms with Crippen molar-refractivity contribution in [1.29, 1.82) is 0 Å².